The summed E-state index contributed by atoms with van der Waals surface area (Å²) < 4.78 is 13.7. The maximum atomic E-state index is 6.98. The van der Waals surface area contributed by atoms with Crippen LogP contribution in [-0.4, -0.2) is 6.71 Å². The first-order valence-corrected chi connectivity index (χ1v) is 19.5. The molecule has 0 saturated heterocycles. The van der Waals surface area contributed by atoms with Crippen molar-refractivity contribution in [3.8, 4) is 56.4 Å². The minimum Gasteiger partial charge on any atom is -0.458 e. The average molecular weight is 717 g/mol. The van der Waals surface area contributed by atoms with Crippen LogP contribution in [0, 0.1) is 0 Å². The number of rotatable bonds is 5. The number of ether oxygens (including phenoxy) is 2. The predicted molar refractivity (Wildman–Crippen MR) is 234 cm³/mol. The topological polar surface area (TPSA) is 18.5 Å². The van der Waals surface area contributed by atoms with Gasteiger partial charge in [0.05, 0.1) is 0 Å². The normalized spacial score (nSPS) is 12.7. The molecule has 9 aromatic carbocycles. The van der Waals surface area contributed by atoms with Crippen molar-refractivity contribution in [2.75, 3.05) is 0 Å². The average Bonchev–Trinajstić information content (AvgIpc) is 3.25. The third-order valence-corrected chi connectivity index (χ3v) is 12.1. The van der Waals surface area contributed by atoms with E-state index in [1.165, 1.54) is 54.9 Å². The molecule has 0 aliphatic carbocycles. The third kappa shape index (κ3) is 5.04. The Balaban J connectivity index is 1.07. The van der Waals surface area contributed by atoms with Gasteiger partial charge in [-0.1, -0.05) is 172 Å². The molecule has 264 valence electrons. The van der Waals surface area contributed by atoms with E-state index in [0.717, 1.165) is 50.5 Å². The Hall–Kier alpha value is -6.84. The summed E-state index contributed by atoms with van der Waals surface area (Å²) in [6.07, 6.45) is 0. The minimum absolute atomic E-state index is 0.00355. The van der Waals surface area contributed by atoms with Gasteiger partial charge in [0, 0.05) is 10.9 Å². The van der Waals surface area contributed by atoms with Crippen molar-refractivity contribution in [1.29, 1.82) is 0 Å². The summed E-state index contributed by atoms with van der Waals surface area (Å²) in [4.78, 5) is 0. The second kappa shape index (κ2) is 12.6. The highest BCUT2D eigenvalue weighted by atomic mass is 16.5. The highest BCUT2D eigenvalue weighted by Gasteiger charge is 2.41. The highest BCUT2D eigenvalue weighted by Crippen LogP contribution is 2.45. The molecule has 0 bridgehead atoms. The van der Waals surface area contributed by atoms with E-state index in [1.807, 2.05) is 0 Å². The van der Waals surface area contributed by atoms with Crippen LogP contribution in [-0.2, 0) is 5.41 Å². The van der Waals surface area contributed by atoms with Crippen LogP contribution in [0.3, 0.4) is 0 Å². The van der Waals surface area contributed by atoms with Gasteiger partial charge >= 0.3 is 0 Å². The van der Waals surface area contributed by atoms with E-state index >= 15 is 0 Å². The van der Waals surface area contributed by atoms with Crippen molar-refractivity contribution in [1.82, 2.24) is 0 Å². The zero-order valence-electron chi connectivity index (χ0n) is 31.3. The van der Waals surface area contributed by atoms with Crippen molar-refractivity contribution in [3.63, 3.8) is 0 Å². The molecular formula is C53H37BO2. The molecule has 0 unspecified atom stereocenters. The fourth-order valence-electron chi connectivity index (χ4n) is 9.23. The van der Waals surface area contributed by atoms with Gasteiger partial charge in [-0.05, 0) is 107 Å². The molecule has 0 saturated carbocycles. The van der Waals surface area contributed by atoms with Gasteiger partial charge in [0.2, 0.25) is 0 Å². The predicted octanol–water partition coefficient (Wildman–Crippen LogP) is 12.0. The number of benzene rings is 9. The Bertz CT molecular complexity index is 2950. The zero-order valence-corrected chi connectivity index (χ0v) is 31.3. The van der Waals surface area contributed by atoms with Gasteiger partial charge < -0.3 is 9.47 Å². The van der Waals surface area contributed by atoms with E-state index in [4.69, 9.17) is 9.47 Å². The molecule has 0 fully saturated rings. The number of hydrogen-bond donors (Lipinski definition) is 0. The Labute approximate surface area is 327 Å². The third-order valence-electron chi connectivity index (χ3n) is 12.1. The van der Waals surface area contributed by atoms with E-state index in [1.54, 1.807) is 0 Å². The summed E-state index contributed by atoms with van der Waals surface area (Å²) in [5.41, 5.74) is 12.7. The summed E-state index contributed by atoms with van der Waals surface area (Å²) in [5, 5.41) is 4.96. The molecule has 11 rings (SSSR count). The molecule has 0 amide bonds. The van der Waals surface area contributed by atoms with E-state index in [2.05, 4.69) is 202 Å². The van der Waals surface area contributed by atoms with Crippen molar-refractivity contribution in [2.45, 2.75) is 19.3 Å². The Morgan fingerprint density at radius 3 is 1.55 bits per heavy atom. The summed E-state index contributed by atoms with van der Waals surface area (Å²) in [6.45, 7) is 4.58. The lowest BCUT2D eigenvalue weighted by Gasteiger charge is -2.34. The van der Waals surface area contributed by atoms with Crippen molar-refractivity contribution in [2.24, 2.45) is 0 Å². The number of hydrogen-bond acceptors (Lipinski definition) is 2. The molecule has 0 atom stereocenters. The molecule has 2 aliphatic rings. The van der Waals surface area contributed by atoms with Crippen LogP contribution in [0.2, 0.25) is 0 Å². The Kier molecular flexibility index (Phi) is 7.34. The molecule has 0 aromatic heterocycles. The second-order valence-corrected chi connectivity index (χ2v) is 15.6. The SMILES string of the molecule is CC(C)(c1ccccc1)c1ccc2c(c1)Oc1cc(-c3cccc(-c4c5ccccc5c(-c5ccccc5)c5ccccc45)c3)cc3c1B2c1ccccc1O3. The molecule has 0 N–H and O–H groups in total. The van der Waals surface area contributed by atoms with Gasteiger partial charge in [-0.25, -0.2) is 0 Å². The lowest BCUT2D eigenvalue weighted by Crippen LogP contribution is -2.57. The highest BCUT2D eigenvalue weighted by molar-refractivity contribution is 6.98. The van der Waals surface area contributed by atoms with Crippen molar-refractivity contribution in [3.05, 3.63) is 199 Å². The number of fused-ring (bicyclic) bond motifs is 6. The maximum Gasteiger partial charge on any atom is 0.260 e. The van der Waals surface area contributed by atoms with Crippen LogP contribution in [0.15, 0.2) is 188 Å². The first-order chi connectivity index (χ1) is 27.5. The molecule has 2 aliphatic heterocycles. The van der Waals surface area contributed by atoms with Gasteiger partial charge in [0.1, 0.15) is 23.0 Å². The standard InChI is InChI=1S/C53H37BO2/c1-53(2,38-20-7-4-8-21-38)39-28-29-45-47(33-39)56-49-32-37(31-48-52(49)54(45)44-26-13-14-27-46(44)55-48)35-18-15-19-36(30-35)51-42-24-11-9-22-40(42)50(34-16-5-3-6-17-34)41-23-10-12-25-43(41)51/h3-33H,1-2H3. The fourth-order valence-corrected chi connectivity index (χ4v) is 9.23. The van der Waals surface area contributed by atoms with Crippen molar-refractivity contribution < 1.29 is 9.47 Å². The molecule has 56 heavy (non-hydrogen) atoms. The summed E-state index contributed by atoms with van der Waals surface area (Å²) in [5.74, 6) is 3.47. The van der Waals surface area contributed by atoms with Crippen LogP contribution in [0.4, 0.5) is 0 Å². The first kappa shape index (κ1) is 32.6. The van der Waals surface area contributed by atoms with Crippen LogP contribution >= 0.6 is 0 Å². The smallest absolute Gasteiger partial charge is 0.260 e. The van der Waals surface area contributed by atoms with Crippen LogP contribution in [0.25, 0.3) is 54.9 Å². The molecule has 2 nitrogen and oxygen atoms in total. The monoisotopic (exact) mass is 716 g/mol. The first-order valence-electron chi connectivity index (χ1n) is 19.5. The lowest BCUT2D eigenvalue weighted by molar-refractivity contribution is 0.463. The van der Waals surface area contributed by atoms with Gasteiger partial charge in [-0.3, -0.25) is 0 Å². The fraction of sp³-hybridized carbons (Fsp3) is 0.0566. The molecule has 0 spiro atoms. The molecule has 9 aromatic rings. The van der Waals surface area contributed by atoms with Gasteiger partial charge in [0.15, 0.2) is 0 Å². The quantitative estimate of drug-likeness (QED) is 0.130. The van der Waals surface area contributed by atoms with Gasteiger partial charge in [0.25, 0.3) is 6.71 Å². The van der Waals surface area contributed by atoms with Gasteiger partial charge in [-0.2, -0.15) is 0 Å². The van der Waals surface area contributed by atoms with E-state index < -0.39 is 0 Å². The molecule has 2 heterocycles. The second-order valence-electron chi connectivity index (χ2n) is 15.6. The summed E-state index contributed by atoms with van der Waals surface area (Å²) in [7, 11) is 0. The van der Waals surface area contributed by atoms with E-state index in [0.29, 0.717) is 0 Å². The number of para-hydroxylation sites is 1. The Morgan fingerprint density at radius 2 is 0.875 bits per heavy atom. The van der Waals surface area contributed by atoms with Gasteiger partial charge in [-0.15, -0.1) is 0 Å². The lowest BCUT2D eigenvalue weighted by atomic mass is 9.34. The largest absolute Gasteiger partial charge is 0.458 e. The Morgan fingerprint density at radius 1 is 0.357 bits per heavy atom. The minimum atomic E-state index is -0.200. The van der Waals surface area contributed by atoms with E-state index in [9.17, 15) is 0 Å². The zero-order chi connectivity index (χ0) is 37.4. The molecule has 3 heteroatoms. The van der Waals surface area contributed by atoms with E-state index in [-0.39, 0.29) is 12.1 Å². The summed E-state index contributed by atoms with van der Waals surface area (Å²) >= 11 is 0. The maximum absolute atomic E-state index is 6.98. The molecule has 0 radical (unpaired) electrons. The summed E-state index contributed by atoms with van der Waals surface area (Å²) in [6, 6.07) is 67.8. The van der Waals surface area contributed by atoms with Crippen LogP contribution in [0.1, 0.15) is 25.0 Å². The van der Waals surface area contributed by atoms with Crippen LogP contribution in [0.5, 0.6) is 23.0 Å². The molecular weight excluding hydrogens is 679 g/mol. The van der Waals surface area contributed by atoms with Crippen molar-refractivity contribution >= 4 is 44.6 Å². The van der Waals surface area contributed by atoms with Crippen LogP contribution < -0.4 is 25.9 Å².